The third-order valence-corrected chi connectivity index (χ3v) is 19.0. The number of hydrogen-bond acceptors (Lipinski definition) is 2. The molecule has 3 nitrogen and oxygen atoms in total. The number of carbonyl (C=O) groups is 1. The van der Waals surface area contributed by atoms with E-state index in [1.165, 1.54) is 60.9 Å². The molecule has 4 aromatic carbocycles. The Kier molecular flexibility index (Phi) is 10.6. The SMILES string of the molecule is CC1=NN(c2ccccc2)C(=O)C1CCCCCCCCCCP(Br)(c1ccccc1)(c1ccccc1)c1ccccc1. The van der Waals surface area contributed by atoms with Crippen LogP contribution >= 0.6 is 20.8 Å². The van der Waals surface area contributed by atoms with E-state index in [1.54, 1.807) is 5.01 Å². The van der Waals surface area contributed by atoms with Gasteiger partial charge in [-0.3, -0.25) is 4.79 Å². The van der Waals surface area contributed by atoms with Crippen LogP contribution in [0.5, 0.6) is 0 Å². The molecule has 0 saturated carbocycles. The average molecular weight is 656 g/mol. The molecule has 0 saturated heterocycles. The van der Waals surface area contributed by atoms with Gasteiger partial charge in [0, 0.05) is 0 Å². The zero-order valence-corrected chi connectivity index (χ0v) is 27.8. The Bertz CT molecular complexity index is 1380. The maximum atomic E-state index is 13.0. The Labute approximate surface area is 266 Å². The van der Waals surface area contributed by atoms with E-state index in [0.717, 1.165) is 30.4 Å². The number of benzene rings is 4. The molecule has 1 aliphatic heterocycles. The molecule has 0 spiro atoms. The number of hydrazone groups is 1. The second kappa shape index (κ2) is 14.6. The third-order valence-electron chi connectivity index (χ3n) is 8.97. The van der Waals surface area contributed by atoms with Crippen molar-refractivity contribution in [3.05, 3.63) is 121 Å². The van der Waals surface area contributed by atoms with Gasteiger partial charge >= 0.3 is 209 Å². The summed E-state index contributed by atoms with van der Waals surface area (Å²) in [4.78, 5) is 13.0. The van der Waals surface area contributed by atoms with Gasteiger partial charge in [0.15, 0.2) is 0 Å². The minimum atomic E-state index is -2.80. The zero-order chi connectivity index (χ0) is 30.0. The number of nitrogens with zero attached hydrogens (tertiary/aromatic N) is 2. The molecular formula is C38H44BrN2OP. The number of anilines is 1. The van der Waals surface area contributed by atoms with Crippen LogP contribution in [0.25, 0.3) is 0 Å². The van der Waals surface area contributed by atoms with Crippen molar-refractivity contribution in [2.75, 3.05) is 11.2 Å². The summed E-state index contributed by atoms with van der Waals surface area (Å²) in [7, 11) is 0. The van der Waals surface area contributed by atoms with Crippen LogP contribution in [-0.4, -0.2) is 17.8 Å². The first-order valence-corrected chi connectivity index (χ1v) is 20.3. The Morgan fingerprint density at radius 2 is 1.00 bits per heavy atom. The van der Waals surface area contributed by atoms with Crippen LogP contribution in [0.15, 0.2) is 126 Å². The van der Waals surface area contributed by atoms with Gasteiger partial charge in [-0.1, -0.05) is 18.2 Å². The maximum absolute atomic E-state index is 13.0. The predicted molar refractivity (Wildman–Crippen MR) is 191 cm³/mol. The number of unbranched alkanes of at least 4 members (excludes halogenated alkanes) is 7. The van der Waals surface area contributed by atoms with Crippen molar-refractivity contribution < 1.29 is 4.79 Å². The topological polar surface area (TPSA) is 32.7 Å². The Morgan fingerprint density at radius 3 is 1.47 bits per heavy atom. The van der Waals surface area contributed by atoms with Gasteiger partial charge < -0.3 is 0 Å². The number of halogens is 1. The van der Waals surface area contributed by atoms with E-state index in [2.05, 4.69) is 112 Å². The van der Waals surface area contributed by atoms with Crippen LogP contribution in [0.2, 0.25) is 0 Å². The molecule has 1 unspecified atom stereocenters. The van der Waals surface area contributed by atoms with Crippen molar-refractivity contribution in [1.82, 2.24) is 0 Å². The monoisotopic (exact) mass is 654 g/mol. The molecule has 4 aromatic rings. The Hall–Kier alpha value is -3.07. The van der Waals surface area contributed by atoms with Crippen molar-refractivity contribution in [3.8, 4) is 0 Å². The molecule has 1 aliphatic rings. The second-order valence-corrected chi connectivity index (χ2v) is 20.9. The molecule has 43 heavy (non-hydrogen) atoms. The summed E-state index contributed by atoms with van der Waals surface area (Å²) in [5, 5.41) is 7.54. The van der Waals surface area contributed by atoms with Gasteiger partial charge in [-0.2, -0.15) is 5.10 Å². The molecule has 5 heteroatoms. The molecule has 0 aliphatic carbocycles. The quantitative estimate of drug-likeness (QED) is 0.0928. The van der Waals surface area contributed by atoms with E-state index in [-0.39, 0.29) is 11.8 Å². The third kappa shape index (κ3) is 6.87. The molecular weight excluding hydrogens is 611 g/mol. The van der Waals surface area contributed by atoms with Crippen LogP contribution < -0.4 is 20.9 Å². The summed E-state index contributed by atoms with van der Waals surface area (Å²) >= 11 is 4.58. The fourth-order valence-corrected chi connectivity index (χ4v) is 14.3. The molecule has 5 rings (SSSR count). The van der Waals surface area contributed by atoms with E-state index in [0.29, 0.717) is 0 Å². The molecule has 224 valence electrons. The second-order valence-electron chi connectivity index (χ2n) is 11.8. The summed E-state index contributed by atoms with van der Waals surface area (Å²) in [5.41, 5.74) is 1.80. The Morgan fingerprint density at radius 1 is 0.605 bits per heavy atom. The van der Waals surface area contributed by atoms with E-state index < -0.39 is 5.31 Å². The number of carbonyl (C=O) groups excluding carboxylic acids is 1. The summed E-state index contributed by atoms with van der Waals surface area (Å²) in [6.45, 7) is 1.99. The van der Waals surface area contributed by atoms with Crippen molar-refractivity contribution in [2.45, 2.75) is 64.7 Å². The number of amides is 1. The minimum absolute atomic E-state index is 0.0696. The van der Waals surface area contributed by atoms with Gasteiger partial charge in [0.25, 0.3) is 0 Å². The molecule has 1 amide bonds. The normalized spacial score (nSPS) is 16.1. The van der Waals surface area contributed by atoms with Crippen LogP contribution in [0.4, 0.5) is 5.69 Å². The first-order valence-electron chi connectivity index (χ1n) is 15.9. The number of hydrogen-bond donors (Lipinski definition) is 0. The predicted octanol–water partition coefficient (Wildman–Crippen LogP) is 9.38. The van der Waals surface area contributed by atoms with Gasteiger partial charge in [0.2, 0.25) is 0 Å². The fraction of sp³-hybridized carbons (Fsp3) is 0.316. The first-order chi connectivity index (χ1) is 21.0. The van der Waals surface area contributed by atoms with E-state index in [1.807, 2.05) is 37.3 Å². The number of rotatable bonds is 15. The molecule has 0 bridgehead atoms. The first kappa shape index (κ1) is 31.4. The van der Waals surface area contributed by atoms with Gasteiger partial charge in [-0.15, -0.1) is 0 Å². The van der Waals surface area contributed by atoms with Crippen molar-refractivity contribution >= 4 is 54.0 Å². The standard InChI is InChI=1S/C38H44BrN2OP/c1-32-37(38(42)41(40-32)33-22-12-8-13-23-33)30-20-6-4-2-3-5-7-21-31-43(39,34-24-14-9-15-25-34,35-26-16-10-17-27-35)36-28-18-11-19-29-36/h8-19,22-29,37H,2-7,20-21,30-31H2,1H3. The number of para-hydroxylation sites is 1. The van der Waals surface area contributed by atoms with Crippen LogP contribution in [-0.2, 0) is 4.79 Å². The van der Waals surface area contributed by atoms with Crippen molar-refractivity contribution in [3.63, 3.8) is 0 Å². The zero-order valence-electron chi connectivity index (χ0n) is 25.3. The van der Waals surface area contributed by atoms with Crippen LogP contribution in [0.1, 0.15) is 64.7 Å². The molecule has 0 radical (unpaired) electrons. The average Bonchev–Trinajstić information content (AvgIpc) is 3.35. The summed E-state index contributed by atoms with van der Waals surface area (Å²) in [6.07, 6.45) is 11.7. The van der Waals surface area contributed by atoms with Gasteiger partial charge in [-0.25, -0.2) is 5.01 Å². The van der Waals surface area contributed by atoms with Gasteiger partial charge in [-0.05, 0) is 19.1 Å². The molecule has 0 aromatic heterocycles. The van der Waals surface area contributed by atoms with Gasteiger partial charge in [0.05, 0.1) is 5.69 Å². The van der Waals surface area contributed by atoms with Gasteiger partial charge in [0.1, 0.15) is 0 Å². The molecule has 1 atom stereocenters. The van der Waals surface area contributed by atoms with E-state index in [9.17, 15) is 4.79 Å². The van der Waals surface area contributed by atoms with E-state index >= 15 is 0 Å². The summed E-state index contributed by atoms with van der Waals surface area (Å²) in [5.74, 6) is 0.0500. The van der Waals surface area contributed by atoms with Crippen LogP contribution in [0.3, 0.4) is 0 Å². The fourth-order valence-electron chi connectivity index (χ4n) is 6.56. The van der Waals surface area contributed by atoms with Crippen LogP contribution in [0, 0.1) is 5.92 Å². The molecule has 0 fully saturated rings. The molecule has 0 N–H and O–H groups in total. The summed E-state index contributed by atoms with van der Waals surface area (Å²) in [6, 6.07) is 43.1. The Balaban J connectivity index is 1.10. The molecule has 1 heterocycles. The van der Waals surface area contributed by atoms with E-state index in [4.69, 9.17) is 0 Å². The van der Waals surface area contributed by atoms with Crippen molar-refractivity contribution in [2.24, 2.45) is 11.0 Å². The summed E-state index contributed by atoms with van der Waals surface area (Å²) < 4.78 is 0. The van der Waals surface area contributed by atoms with Crippen molar-refractivity contribution in [1.29, 1.82) is 0 Å².